The number of hydrogen-bond acceptors (Lipinski definition) is 2. The Hall–Kier alpha value is -2.42. The fourth-order valence-electron chi connectivity index (χ4n) is 2.28. The molecule has 3 nitrogen and oxygen atoms in total. The van der Waals surface area contributed by atoms with Crippen LogP contribution in [-0.2, 0) is 4.79 Å². The molecule has 1 heterocycles. The van der Waals surface area contributed by atoms with Gasteiger partial charge < -0.3 is 5.32 Å². The molecule has 2 rings (SSSR count). The third-order valence-electron chi connectivity index (χ3n) is 3.42. The molecule has 0 aliphatic rings. The molecule has 0 saturated carbocycles. The van der Waals surface area contributed by atoms with Crippen LogP contribution in [0.4, 0.5) is 0 Å². The molecule has 0 fully saturated rings. The summed E-state index contributed by atoms with van der Waals surface area (Å²) in [6, 6.07) is 13.7. The highest BCUT2D eigenvalue weighted by Crippen LogP contribution is 2.32. The molecule has 1 unspecified atom stereocenters. The highest BCUT2D eigenvalue weighted by molar-refractivity contribution is 5.92. The lowest BCUT2D eigenvalue weighted by atomic mass is 9.82. The average molecular weight is 294 g/mol. The average Bonchev–Trinajstić information content (AvgIpc) is 2.51. The second-order valence-electron chi connectivity index (χ2n) is 6.33. The number of rotatable bonds is 4. The maximum atomic E-state index is 12.2. The fourth-order valence-corrected chi connectivity index (χ4v) is 2.28. The molecule has 0 aliphatic heterocycles. The van der Waals surface area contributed by atoms with Crippen molar-refractivity contribution in [3.05, 3.63) is 72.1 Å². The Morgan fingerprint density at radius 1 is 1.09 bits per heavy atom. The third-order valence-corrected chi connectivity index (χ3v) is 3.42. The Morgan fingerprint density at radius 2 is 1.73 bits per heavy atom. The first-order valence-corrected chi connectivity index (χ1v) is 7.40. The smallest absolute Gasteiger partial charge is 0.244 e. The molecule has 1 amide bonds. The minimum Gasteiger partial charge on any atom is -0.345 e. The molecule has 0 aliphatic carbocycles. The van der Waals surface area contributed by atoms with Crippen molar-refractivity contribution in [2.75, 3.05) is 0 Å². The number of carbonyl (C=O) groups is 1. The SMILES string of the molecule is CC(C)(C)C(NC(=O)/C=C/c1ccncc1)c1ccccc1. The molecule has 0 radical (unpaired) electrons. The first kappa shape index (κ1) is 16.0. The zero-order chi connectivity index (χ0) is 16.0. The molecule has 0 bridgehead atoms. The number of aromatic nitrogens is 1. The van der Waals surface area contributed by atoms with E-state index in [0.717, 1.165) is 11.1 Å². The highest BCUT2D eigenvalue weighted by atomic mass is 16.1. The van der Waals surface area contributed by atoms with Crippen LogP contribution in [-0.4, -0.2) is 10.9 Å². The summed E-state index contributed by atoms with van der Waals surface area (Å²) in [6.45, 7) is 6.37. The Bertz CT molecular complexity index is 627. The first-order chi connectivity index (χ1) is 10.5. The van der Waals surface area contributed by atoms with Crippen molar-refractivity contribution in [3.63, 3.8) is 0 Å². The number of nitrogens with zero attached hydrogens (tertiary/aromatic N) is 1. The van der Waals surface area contributed by atoms with E-state index >= 15 is 0 Å². The summed E-state index contributed by atoms with van der Waals surface area (Å²) >= 11 is 0. The lowest BCUT2D eigenvalue weighted by molar-refractivity contribution is -0.117. The van der Waals surface area contributed by atoms with Crippen LogP contribution in [0.2, 0.25) is 0 Å². The van der Waals surface area contributed by atoms with E-state index in [0.29, 0.717) is 0 Å². The van der Waals surface area contributed by atoms with Gasteiger partial charge in [0, 0.05) is 18.5 Å². The summed E-state index contributed by atoms with van der Waals surface area (Å²) in [5.41, 5.74) is 2.00. The molecule has 114 valence electrons. The Balaban J connectivity index is 2.11. The van der Waals surface area contributed by atoms with Crippen LogP contribution < -0.4 is 5.32 Å². The Kier molecular flexibility index (Phi) is 5.10. The first-order valence-electron chi connectivity index (χ1n) is 7.40. The van der Waals surface area contributed by atoms with Gasteiger partial charge in [0.25, 0.3) is 0 Å². The molecule has 3 heteroatoms. The molecule has 0 spiro atoms. The maximum absolute atomic E-state index is 12.2. The Morgan fingerprint density at radius 3 is 2.32 bits per heavy atom. The molecular weight excluding hydrogens is 272 g/mol. The molecule has 1 aromatic carbocycles. The lowest BCUT2D eigenvalue weighted by Crippen LogP contribution is -2.35. The van der Waals surface area contributed by atoms with Crippen LogP contribution in [0.25, 0.3) is 6.08 Å². The van der Waals surface area contributed by atoms with Crippen LogP contribution in [0.15, 0.2) is 60.9 Å². The minimum atomic E-state index is -0.0967. The van der Waals surface area contributed by atoms with E-state index in [2.05, 4.69) is 31.1 Å². The monoisotopic (exact) mass is 294 g/mol. The second kappa shape index (κ2) is 7.03. The van der Waals surface area contributed by atoms with Crippen molar-refractivity contribution >= 4 is 12.0 Å². The minimum absolute atomic E-state index is 0.0386. The normalized spacial score (nSPS) is 13.0. The Labute approximate surface area is 132 Å². The number of hydrogen-bond donors (Lipinski definition) is 1. The van der Waals surface area contributed by atoms with Crippen LogP contribution in [0, 0.1) is 5.41 Å². The van der Waals surface area contributed by atoms with Crippen LogP contribution in [0.1, 0.15) is 37.9 Å². The second-order valence-corrected chi connectivity index (χ2v) is 6.33. The maximum Gasteiger partial charge on any atom is 0.244 e. The van der Waals surface area contributed by atoms with E-state index < -0.39 is 0 Å². The van der Waals surface area contributed by atoms with Crippen molar-refractivity contribution < 1.29 is 4.79 Å². The van der Waals surface area contributed by atoms with Gasteiger partial charge in [-0.15, -0.1) is 0 Å². The van der Waals surface area contributed by atoms with Gasteiger partial charge in [0.1, 0.15) is 0 Å². The van der Waals surface area contributed by atoms with Gasteiger partial charge in [0.05, 0.1) is 6.04 Å². The van der Waals surface area contributed by atoms with E-state index in [9.17, 15) is 4.79 Å². The molecular formula is C19H22N2O. The van der Waals surface area contributed by atoms with Crippen LogP contribution in [0.3, 0.4) is 0 Å². The number of nitrogens with one attached hydrogen (secondary N) is 1. The predicted octanol–water partition coefficient (Wildman–Crippen LogP) is 4.00. The van der Waals surface area contributed by atoms with Crippen LogP contribution in [0.5, 0.6) is 0 Å². The number of carbonyl (C=O) groups excluding carboxylic acids is 1. The van der Waals surface area contributed by atoms with Gasteiger partial charge in [0.2, 0.25) is 5.91 Å². The van der Waals surface area contributed by atoms with E-state index in [1.165, 1.54) is 0 Å². The van der Waals surface area contributed by atoms with Gasteiger partial charge >= 0.3 is 0 Å². The molecule has 0 saturated heterocycles. The van der Waals surface area contributed by atoms with Crippen molar-refractivity contribution in [3.8, 4) is 0 Å². The summed E-state index contributed by atoms with van der Waals surface area (Å²) in [4.78, 5) is 16.2. The van der Waals surface area contributed by atoms with Crippen molar-refractivity contribution in [1.82, 2.24) is 10.3 Å². The van der Waals surface area contributed by atoms with E-state index in [4.69, 9.17) is 0 Å². The zero-order valence-corrected chi connectivity index (χ0v) is 13.3. The largest absolute Gasteiger partial charge is 0.345 e. The number of amides is 1. The van der Waals surface area contributed by atoms with E-state index in [-0.39, 0.29) is 17.4 Å². The third kappa shape index (κ3) is 4.55. The summed E-state index contributed by atoms with van der Waals surface area (Å²) < 4.78 is 0. The quantitative estimate of drug-likeness (QED) is 0.866. The topological polar surface area (TPSA) is 42.0 Å². The predicted molar refractivity (Wildman–Crippen MR) is 90.1 cm³/mol. The molecule has 1 N–H and O–H groups in total. The van der Waals surface area contributed by atoms with Gasteiger partial charge in [-0.25, -0.2) is 0 Å². The summed E-state index contributed by atoms with van der Waals surface area (Å²) in [6.07, 6.45) is 6.78. The van der Waals surface area contributed by atoms with Crippen molar-refractivity contribution in [2.24, 2.45) is 5.41 Å². The van der Waals surface area contributed by atoms with E-state index in [1.807, 2.05) is 42.5 Å². The molecule has 1 atom stereocenters. The van der Waals surface area contributed by atoms with E-state index in [1.54, 1.807) is 24.5 Å². The van der Waals surface area contributed by atoms with Gasteiger partial charge in [0.15, 0.2) is 0 Å². The zero-order valence-electron chi connectivity index (χ0n) is 13.3. The molecule has 1 aromatic heterocycles. The van der Waals surface area contributed by atoms with Crippen LogP contribution >= 0.6 is 0 Å². The summed E-state index contributed by atoms with van der Waals surface area (Å²) in [5.74, 6) is -0.0967. The highest BCUT2D eigenvalue weighted by Gasteiger charge is 2.26. The van der Waals surface area contributed by atoms with Gasteiger partial charge in [-0.3, -0.25) is 9.78 Å². The number of pyridine rings is 1. The molecule has 2 aromatic rings. The van der Waals surface area contributed by atoms with Gasteiger partial charge in [-0.05, 0) is 34.8 Å². The standard InChI is InChI=1S/C19H22N2O/c1-19(2,3)18(16-7-5-4-6-8-16)21-17(22)10-9-15-11-13-20-14-12-15/h4-14,18H,1-3H3,(H,21,22)/b10-9+. The van der Waals surface area contributed by atoms with Crippen molar-refractivity contribution in [2.45, 2.75) is 26.8 Å². The molecule has 22 heavy (non-hydrogen) atoms. The van der Waals surface area contributed by atoms with Gasteiger partial charge in [-0.2, -0.15) is 0 Å². The van der Waals surface area contributed by atoms with Gasteiger partial charge in [-0.1, -0.05) is 51.1 Å². The summed E-state index contributed by atoms with van der Waals surface area (Å²) in [7, 11) is 0. The van der Waals surface area contributed by atoms with Crippen molar-refractivity contribution in [1.29, 1.82) is 0 Å². The number of benzene rings is 1. The lowest BCUT2D eigenvalue weighted by Gasteiger charge is -2.31. The summed E-state index contributed by atoms with van der Waals surface area (Å²) in [5, 5.41) is 3.10. The fraction of sp³-hybridized carbons (Fsp3) is 0.263.